The summed E-state index contributed by atoms with van der Waals surface area (Å²) in [6.07, 6.45) is 0. The lowest BCUT2D eigenvalue weighted by Gasteiger charge is -2.00. The van der Waals surface area contributed by atoms with Crippen LogP contribution in [0.4, 0.5) is 11.7 Å². The third kappa shape index (κ3) is 2.16. The maximum atomic E-state index is 5.85. The molecule has 0 amide bonds. The van der Waals surface area contributed by atoms with Crippen LogP contribution in [0.25, 0.3) is 10.2 Å². The first kappa shape index (κ1) is 11.4. The van der Waals surface area contributed by atoms with Crippen molar-refractivity contribution in [3.63, 3.8) is 0 Å². The van der Waals surface area contributed by atoms with Gasteiger partial charge in [0, 0.05) is 5.69 Å². The van der Waals surface area contributed by atoms with Crippen molar-refractivity contribution in [1.82, 2.24) is 15.2 Å². The summed E-state index contributed by atoms with van der Waals surface area (Å²) < 4.78 is 6.47. The molecular formula is C11H9ClN4OS. The maximum Gasteiger partial charge on any atom is 0.320 e. The molecule has 3 aromatic rings. The lowest BCUT2D eigenvalue weighted by atomic mass is 10.3. The molecule has 5 nitrogen and oxygen atoms in total. The molecule has 1 unspecified atom stereocenters. The van der Waals surface area contributed by atoms with Crippen LogP contribution in [-0.4, -0.2) is 15.2 Å². The van der Waals surface area contributed by atoms with E-state index < -0.39 is 0 Å². The molecule has 2 heterocycles. The molecule has 0 aliphatic rings. The lowest BCUT2D eigenvalue weighted by Crippen LogP contribution is -1.89. The molecule has 1 atom stereocenters. The van der Waals surface area contributed by atoms with Gasteiger partial charge >= 0.3 is 6.01 Å². The smallest absolute Gasteiger partial charge is 0.320 e. The molecular weight excluding hydrogens is 272 g/mol. The van der Waals surface area contributed by atoms with Crippen LogP contribution in [0.3, 0.4) is 0 Å². The Kier molecular flexibility index (Phi) is 2.89. The van der Waals surface area contributed by atoms with E-state index >= 15 is 0 Å². The summed E-state index contributed by atoms with van der Waals surface area (Å²) in [5.74, 6) is 0.401. The van der Waals surface area contributed by atoms with Crippen molar-refractivity contribution in [2.75, 3.05) is 5.32 Å². The van der Waals surface area contributed by atoms with Gasteiger partial charge in [-0.3, -0.25) is 0 Å². The normalized spacial score (nSPS) is 12.8. The van der Waals surface area contributed by atoms with Gasteiger partial charge in [0.1, 0.15) is 5.38 Å². The zero-order valence-electron chi connectivity index (χ0n) is 9.42. The molecule has 7 heteroatoms. The van der Waals surface area contributed by atoms with Crippen LogP contribution in [0.15, 0.2) is 28.1 Å². The van der Waals surface area contributed by atoms with E-state index in [2.05, 4.69) is 20.5 Å². The number of aromatic nitrogens is 3. The van der Waals surface area contributed by atoms with E-state index in [1.54, 1.807) is 18.3 Å². The lowest BCUT2D eigenvalue weighted by molar-refractivity contribution is 0.510. The zero-order valence-corrected chi connectivity index (χ0v) is 11.0. The second-order valence-corrected chi connectivity index (χ2v) is 5.26. The third-order valence-corrected chi connectivity index (χ3v) is 3.34. The highest BCUT2D eigenvalue weighted by molar-refractivity contribution is 7.16. The molecule has 0 aliphatic heterocycles. The Morgan fingerprint density at radius 2 is 2.28 bits per heavy atom. The number of rotatable bonds is 3. The fraction of sp³-hybridized carbons (Fsp3) is 0.182. The highest BCUT2D eigenvalue weighted by Gasteiger charge is 2.11. The van der Waals surface area contributed by atoms with Gasteiger partial charge in [0.25, 0.3) is 0 Å². The van der Waals surface area contributed by atoms with Gasteiger partial charge in [-0.15, -0.1) is 28.0 Å². The molecule has 0 saturated heterocycles. The number of alkyl halides is 1. The minimum atomic E-state index is -0.294. The predicted octanol–water partition coefficient (Wildman–Crippen LogP) is 3.72. The van der Waals surface area contributed by atoms with Gasteiger partial charge in [0.2, 0.25) is 5.89 Å². The summed E-state index contributed by atoms with van der Waals surface area (Å²) >= 11 is 7.44. The highest BCUT2D eigenvalue weighted by atomic mass is 35.5. The van der Waals surface area contributed by atoms with Gasteiger partial charge in [-0.05, 0) is 25.1 Å². The van der Waals surface area contributed by atoms with Gasteiger partial charge < -0.3 is 9.73 Å². The molecule has 1 N–H and O–H groups in total. The van der Waals surface area contributed by atoms with Crippen LogP contribution in [0.5, 0.6) is 0 Å². The number of benzene rings is 1. The number of fused-ring (bicyclic) bond motifs is 1. The Balaban J connectivity index is 1.86. The molecule has 0 aliphatic carbocycles. The van der Waals surface area contributed by atoms with Gasteiger partial charge in [-0.1, -0.05) is 5.10 Å². The number of hydrogen-bond acceptors (Lipinski definition) is 6. The summed E-state index contributed by atoms with van der Waals surface area (Å²) in [5.41, 5.74) is 3.67. The first-order chi connectivity index (χ1) is 8.72. The van der Waals surface area contributed by atoms with Crippen LogP contribution in [0, 0.1) is 0 Å². The minimum absolute atomic E-state index is 0.294. The number of anilines is 2. The minimum Gasteiger partial charge on any atom is -0.406 e. The quantitative estimate of drug-likeness (QED) is 0.741. The van der Waals surface area contributed by atoms with Crippen LogP contribution >= 0.6 is 22.9 Å². The van der Waals surface area contributed by atoms with Crippen LogP contribution < -0.4 is 5.32 Å². The van der Waals surface area contributed by atoms with E-state index in [1.807, 2.05) is 23.7 Å². The van der Waals surface area contributed by atoms with E-state index in [0.29, 0.717) is 11.9 Å². The van der Waals surface area contributed by atoms with Crippen LogP contribution in [-0.2, 0) is 0 Å². The van der Waals surface area contributed by atoms with Gasteiger partial charge in [0.05, 0.1) is 15.7 Å². The van der Waals surface area contributed by atoms with Gasteiger partial charge in [-0.2, -0.15) is 0 Å². The van der Waals surface area contributed by atoms with E-state index in [-0.39, 0.29) is 5.38 Å². The molecule has 0 spiro atoms. The molecule has 3 rings (SSSR count). The van der Waals surface area contributed by atoms with Crippen LogP contribution in [0.1, 0.15) is 18.2 Å². The largest absolute Gasteiger partial charge is 0.406 e. The molecule has 0 saturated carbocycles. The van der Waals surface area contributed by atoms with E-state index in [1.165, 1.54) is 0 Å². The number of nitrogens with one attached hydrogen (secondary N) is 1. The number of thiazole rings is 1. The van der Waals surface area contributed by atoms with Crippen molar-refractivity contribution in [2.24, 2.45) is 0 Å². The fourth-order valence-electron chi connectivity index (χ4n) is 1.50. The summed E-state index contributed by atoms with van der Waals surface area (Å²) in [5, 5.41) is 10.5. The maximum absolute atomic E-state index is 5.85. The standard InChI is InChI=1S/C11H9ClN4OS/c1-6(12)10-15-16-11(17-10)14-7-2-3-8-9(4-7)18-5-13-8/h2-6H,1H3,(H,14,16). The topological polar surface area (TPSA) is 63.8 Å². The van der Waals surface area contributed by atoms with Crippen molar-refractivity contribution in [3.05, 3.63) is 29.6 Å². The van der Waals surface area contributed by atoms with Crippen molar-refractivity contribution in [1.29, 1.82) is 0 Å². The third-order valence-electron chi connectivity index (χ3n) is 2.36. The average molecular weight is 281 g/mol. The summed E-state index contributed by atoms with van der Waals surface area (Å²) in [7, 11) is 0. The molecule has 1 aromatic carbocycles. The van der Waals surface area contributed by atoms with Crippen molar-refractivity contribution in [3.8, 4) is 0 Å². The summed E-state index contributed by atoms with van der Waals surface area (Å²) in [4.78, 5) is 4.22. The second kappa shape index (κ2) is 4.55. The Morgan fingerprint density at radius 3 is 3.06 bits per heavy atom. The summed E-state index contributed by atoms with van der Waals surface area (Å²) in [6, 6.07) is 6.17. The van der Waals surface area contributed by atoms with Crippen molar-refractivity contribution >= 4 is 44.9 Å². The van der Waals surface area contributed by atoms with Gasteiger partial charge in [-0.25, -0.2) is 4.98 Å². The number of halogens is 1. The Labute approximate surface area is 112 Å². The average Bonchev–Trinajstić information content (AvgIpc) is 2.96. The van der Waals surface area contributed by atoms with E-state index in [4.69, 9.17) is 16.0 Å². The van der Waals surface area contributed by atoms with Crippen LogP contribution in [0.2, 0.25) is 0 Å². The molecule has 0 bridgehead atoms. The SMILES string of the molecule is CC(Cl)c1nnc(Nc2ccc3ncsc3c2)o1. The van der Waals surface area contributed by atoms with E-state index in [9.17, 15) is 0 Å². The zero-order chi connectivity index (χ0) is 12.5. The highest BCUT2D eigenvalue weighted by Crippen LogP contribution is 2.25. The number of hydrogen-bond donors (Lipinski definition) is 1. The second-order valence-electron chi connectivity index (χ2n) is 3.72. The Hall–Kier alpha value is -1.66. The molecule has 92 valence electrons. The number of nitrogens with zero attached hydrogens (tertiary/aromatic N) is 3. The predicted molar refractivity (Wildman–Crippen MR) is 71.5 cm³/mol. The fourth-order valence-corrected chi connectivity index (χ4v) is 2.31. The molecule has 0 radical (unpaired) electrons. The monoisotopic (exact) mass is 280 g/mol. The Morgan fingerprint density at radius 1 is 1.39 bits per heavy atom. The Bertz CT molecular complexity index is 678. The van der Waals surface area contributed by atoms with Gasteiger partial charge in [0.15, 0.2) is 0 Å². The van der Waals surface area contributed by atoms with Crippen molar-refractivity contribution in [2.45, 2.75) is 12.3 Å². The first-order valence-electron chi connectivity index (χ1n) is 5.30. The molecule has 2 aromatic heterocycles. The summed E-state index contributed by atoms with van der Waals surface area (Å²) in [6.45, 7) is 1.78. The molecule has 18 heavy (non-hydrogen) atoms. The first-order valence-corrected chi connectivity index (χ1v) is 6.62. The van der Waals surface area contributed by atoms with E-state index in [0.717, 1.165) is 15.9 Å². The molecule has 0 fully saturated rings. The van der Waals surface area contributed by atoms with Crippen molar-refractivity contribution < 1.29 is 4.42 Å².